The average molecular weight is 295 g/mol. The minimum absolute atomic E-state index is 0.311. The summed E-state index contributed by atoms with van der Waals surface area (Å²) in [7, 11) is 0. The van der Waals surface area contributed by atoms with Crippen LogP contribution in [0.25, 0.3) is 0 Å². The molecule has 0 aliphatic carbocycles. The highest BCUT2D eigenvalue weighted by molar-refractivity contribution is 5.02. The van der Waals surface area contributed by atoms with Crippen LogP contribution in [0, 0.1) is 0 Å². The van der Waals surface area contributed by atoms with Crippen molar-refractivity contribution in [2.24, 2.45) is 0 Å². The van der Waals surface area contributed by atoms with Gasteiger partial charge in [0.25, 0.3) is 0 Å². The predicted octanol–water partition coefficient (Wildman–Crippen LogP) is 5.03. The van der Waals surface area contributed by atoms with Gasteiger partial charge in [-0.1, -0.05) is 0 Å². The Kier molecular flexibility index (Phi) is 4.30. The molecule has 21 heavy (non-hydrogen) atoms. The highest BCUT2D eigenvalue weighted by atomic mass is 15.4. The van der Waals surface area contributed by atoms with Crippen molar-refractivity contribution in [3.05, 3.63) is 0 Å². The lowest BCUT2D eigenvalue weighted by atomic mass is 9.78. The molecule has 0 spiro atoms. The van der Waals surface area contributed by atoms with Crippen LogP contribution in [-0.4, -0.2) is 38.6 Å². The van der Waals surface area contributed by atoms with Crippen LogP contribution in [-0.2, 0) is 0 Å². The van der Waals surface area contributed by atoms with Crippen molar-refractivity contribution in [1.82, 2.24) is 9.80 Å². The Bertz CT molecular complexity index is 311. The molecule has 2 nitrogen and oxygen atoms in total. The van der Waals surface area contributed by atoms with Gasteiger partial charge in [0.2, 0.25) is 0 Å². The molecule has 0 radical (unpaired) electrons. The third-order valence-corrected chi connectivity index (χ3v) is 6.36. The molecule has 0 atom stereocenters. The largest absolute Gasteiger partial charge is 0.280 e. The number of hydrogen-bond acceptors (Lipinski definition) is 2. The Morgan fingerprint density at radius 1 is 0.524 bits per heavy atom. The van der Waals surface area contributed by atoms with Crippen molar-refractivity contribution in [2.45, 2.75) is 116 Å². The van der Waals surface area contributed by atoms with Gasteiger partial charge in [-0.3, -0.25) is 9.80 Å². The van der Waals surface area contributed by atoms with Crippen LogP contribution >= 0.6 is 0 Å². The molecule has 0 aromatic rings. The molecular formula is C19H38N2. The molecule has 2 aliphatic heterocycles. The molecule has 0 unspecified atom stereocenters. The van der Waals surface area contributed by atoms with Crippen LogP contribution in [0.3, 0.4) is 0 Å². The monoisotopic (exact) mass is 294 g/mol. The first kappa shape index (κ1) is 17.3. The van der Waals surface area contributed by atoms with Crippen molar-refractivity contribution < 1.29 is 0 Å². The normalized spacial score (nSPS) is 32.0. The van der Waals surface area contributed by atoms with E-state index in [1.165, 1.54) is 38.5 Å². The first-order valence-electron chi connectivity index (χ1n) is 8.94. The van der Waals surface area contributed by atoms with Gasteiger partial charge in [-0.05, 0) is 93.9 Å². The van der Waals surface area contributed by atoms with E-state index in [1.54, 1.807) is 0 Å². The highest BCUT2D eigenvalue weighted by Gasteiger charge is 2.47. The molecule has 0 aromatic heterocycles. The molecule has 2 heterocycles. The van der Waals surface area contributed by atoms with Crippen molar-refractivity contribution in [1.29, 1.82) is 0 Å². The van der Waals surface area contributed by atoms with Crippen LogP contribution in [0.15, 0.2) is 0 Å². The molecule has 124 valence electrons. The lowest BCUT2D eigenvalue weighted by Gasteiger charge is -2.60. The lowest BCUT2D eigenvalue weighted by molar-refractivity contribution is -0.128. The van der Waals surface area contributed by atoms with Gasteiger partial charge >= 0.3 is 0 Å². The van der Waals surface area contributed by atoms with Crippen LogP contribution in [0.2, 0.25) is 0 Å². The first-order valence-corrected chi connectivity index (χ1v) is 8.94. The maximum atomic E-state index is 2.79. The van der Waals surface area contributed by atoms with Gasteiger partial charge in [-0.25, -0.2) is 0 Å². The van der Waals surface area contributed by atoms with Gasteiger partial charge in [0.05, 0.1) is 6.67 Å². The predicted molar refractivity (Wildman–Crippen MR) is 92.6 cm³/mol. The first-order chi connectivity index (χ1) is 9.39. The SMILES string of the molecule is CC1(C)CCCC(C)(C)N1CN1C(C)(C)CCCC1(C)C. The smallest absolute Gasteiger partial charge is 0.0526 e. The minimum Gasteiger partial charge on any atom is -0.280 e. The Morgan fingerprint density at radius 2 is 0.762 bits per heavy atom. The Balaban J connectivity index is 2.28. The zero-order valence-corrected chi connectivity index (χ0v) is 15.8. The molecule has 0 N–H and O–H groups in total. The summed E-state index contributed by atoms with van der Waals surface area (Å²) in [4.78, 5) is 5.58. The minimum atomic E-state index is 0.311. The fourth-order valence-corrected chi connectivity index (χ4v) is 4.99. The van der Waals surface area contributed by atoms with Crippen LogP contribution < -0.4 is 0 Å². The van der Waals surface area contributed by atoms with E-state index < -0.39 is 0 Å². The van der Waals surface area contributed by atoms with Crippen LogP contribution in [0.5, 0.6) is 0 Å². The zero-order valence-electron chi connectivity index (χ0n) is 15.8. The molecule has 0 saturated carbocycles. The number of likely N-dealkylation sites (tertiary alicyclic amines) is 2. The third-order valence-electron chi connectivity index (χ3n) is 6.36. The topological polar surface area (TPSA) is 6.48 Å². The Hall–Kier alpha value is -0.0800. The number of rotatable bonds is 2. The third kappa shape index (κ3) is 3.32. The maximum Gasteiger partial charge on any atom is 0.0526 e. The van der Waals surface area contributed by atoms with Crippen molar-refractivity contribution in [2.75, 3.05) is 6.67 Å². The highest BCUT2D eigenvalue weighted by Crippen LogP contribution is 2.43. The maximum absolute atomic E-state index is 2.79. The van der Waals surface area contributed by atoms with Gasteiger partial charge in [0.15, 0.2) is 0 Å². The van der Waals surface area contributed by atoms with Crippen LogP contribution in [0.4, 0.5) is 0 Å². The molecule has 0 aromatic carbocycles. The summed E-state index contributed by atoms with van der Waals surface area (Å²) in [5.41, 5.74) is 1.24. The van der Waals surface area contributed by atoms with E-state index in [0.717, 1.165) is 6.67 Å². The Labute approximate surface area is 133 Å². The summed E-state index contributed by atoms with van der Waals surface area (Å²) in [6.45, 7) is 20.6. The number of hydrogen-bond donors (Lipinski definition) is 0. The molecule has 2 rings (SSSR count). The van der Waals surface area contributed by atoms with Crippen molar-refractivity contribution >= 4 is 0 Å². The summed E-state index contributed by atoms with van der Waals surface area (Å²) >= 11 is 0. The van der Waals surface area contributed by atoms with Crippen molar-refractivity contribution in [3.8, 4) is 0 Å². The molecule has 0 amide bonds. The molecular weight excluding hydrogens is 256 g/mol. The lowest BCUT2D eigenvalue weighted by Crippen LogP contribution is -2.68. The summed E-state index contributed by atoms with van der Waals surface area (Å²) in [6, 6.07) is 0. The summed E-state index contributed by atoms with van der Waals surface area (Å²) in [5, 5.41) is 0. The molecule has 2 saturated heterocycles. The van der Waals surface area contributed by atoms with Gasteiger partial charge in [-0.2, -0.15) is 0 Å². The van der Waals surface area contributed by atoms with E-state index in [1.807, 2.05) is 0 Å². The molecule has 0 bridgehead atoms. The van der Waals surface area contributed by atoms with E-state index in [2.05, 4.69) is 65.2 Å². The Morgan fingerprint density at radius 3 is 1.00 bits per heavy atom. The number of piperidine rings is 2. The summed E-state index contributed by atoms with van der Waals surface area (Å²) < 4.78 is 0. The molecule has 2 fully saturated rings. The van der Waals surface area contributed by atoms with E-state index in [0.29, 0.717) is 22.2 Å². The van der Waals surface area contributed by atoms with E-state index in [4.69, 9.17) is 0 Å². The van der Waals surface area contributed by atoms with Gasteiger partial charge in [-0.15, -0.1) is 0 Å². The second-order valence-corrected chi connectivity index (χ2v) is 9.95. The standard InChI is InChI=1S/C19H38N2/c1-16(2)11-9-12-17(3,4)20(16)15-21-18(5,6)13-10-14-19(21,7)8/h9-15H2,1-8H3. The fourth-order valence-electron chi connectivity index (χ4n) is 4.99. The molecule has 2 aliphatic rings. The second kappa shape index (κ2) is 5.23. The molecule has 2 heteroatoms. The average Bonchev–Trinajstić information content (AvgIpc) is 2.23. The van der Waals surface area contributed by atoms with Crippen LogP contribution in [0.1, 0.15) is 93.9 Å². The fraction of sp³-hybridized carbons (Fsp3) is 1.00. The summed E-state index contributed by atoms with van der Waals surface area (Å²) in [5.74, 6) is 0. The zero-order chi connectivity index (χ0) is 16.1. The van der Waals surface area contributed by atoms with E-state index >= 15 is 0 Å². The van der Waals surface area contributed by atoms with Gasteiger partial charge in [0, 0.05) is 22.2 Å². The van der Waals surface area contributed by atoms with Gasteiger partial charge < -0.3 is 0 Å². The quantitative estimate of drug-likeness (QED) is 0.704. The summed E-state index contributed by atoms with van der Waals surface area (Å²) in [6.07, 6.45) is 8.03. The van der Waals surface area contributed by atoms with E-state index in [9.17, 15) is 0 Å². The van der Waals surface area contributed by atoms with E-state index in [-0.39, 0.29) is 0 Å². The second-order valence-electron chi connectivity index (χ2n) is 9.95. The van der Waals surface area contributed by atoms with Gasteiger partial charge in [0.1, 0.15) is 0 Å². The number of nitrogens with zero attached hydrogens (tertiary/aromatic N) is 2. The van der Waals surface area contributed by atoms with Crippen molar-refractivity contribution in [3.63, 3.8) is 0 Å².